The number of methoxy groups -OCH3 is 1. The number of ether oxygens (including phenoxy) is 1. The molecule has 2 aromatic rings. The largest absolute Gasteiger partial charge is 0.504 e. The molecule has 0 fully saturated rings. The molecule has 0 unspecified atom stereocenters. The topological polar surface area (TPSA) is 102 Å². The average molecular weight is 328 g/mol. The molecule has 1 amide bonds. The first-order valence-electron chi connectivity index (χ1n) is 7.06. The molecule has 0 aromatic heterocycles. The first kappa shape index (κ1) is 17.0. The van der Waals surface area contributed by atoms with Gasteiger partial charge in [0.15, 0.2) is 11.5 Å². The quantitative estimate of drug-likeness (QED) is 0.482. The zero-order valence-electron chi connectivity index (χ0n) is 12.9. The standard InChI is InChI=1S/C17H16N2O5/c1-24-16-10-13(4-8-15(16)20)11-18-17(21)9-5-12-2-6-14(7-3-12)19(22)23/h2-10,20H,11H2,1H3,(H,18,21)/b9-5+. The first-order valence-corrected chi connectivity index (χ1v) is 7.06. The van der Waals surface area contributed by atoms with Crippen LogP contribution in [0.4, 0.5) is 5.69 Å². The number of nitro groups is 1. The highest BCUT2D eigenvalue weighted by Crippen LogP contribution is 2.26. The number of nitro benzene ring substituents is 1. The number of carbonyl (C=O) groups excluding carboxylic acids is 1. The Kier molecular flexibility index (Phi) is 5.51. The fourth-order valence-corrected chi connectivity index (χ4v) is 1.96. The molecule has 0 saturated heterocycles. The Morgan fingerprint density at radius 2 is 2.00 bits per heavy atom. The summed E-state index contributed by atoms with van der Waals surface area (Å²) in [5.74, 6) is 0.0641. The summed E-state index contributed by atoms with van der Waals surface area (Å²) in [5.41, 5.74) is 1.46. The van der Waals surface area contributed by atoms with Gasteiger partial charge in [0.25, 0.3) is 5.69 Å². The fraction of sp³-hybridized carbons (Fsp3) is 0.118. The smallest absolute Gasteiger partial charge is 0.269 e. The monoisotopic (exact) mass is 328 g/mol. The van der Waals surface area contributed by atoms with Crippen molar-refractivity contribution in [2.75, 3.05) is 7.11 Å². The lowest BCUT2D eigenvalue weighted by molar-refractivity contribution is -0.384. The second-order valence-electron chi connectivity index (χ2n) is 4.91. The number of aromatic hydroxyl groups is 1. The SMILES string of the molecule is COc1cc(CNC(=O)/C=C/c2ccc([N+](=O)[O-])cc2)ccc1O. The minimum atomic E-state index is -0.480. The normalized spacial score (nSPS) is 10.5. The van der Waals surface area contributed by atoms with E-state index in [-0.39, 0.29) is 23.9 Å². The van der Waals surface area contributed by atoms with Crippen molar-refractivity contribution in [3.8, 4) is 11.5 Å². The Morgan fingerprint density at radius 3 is 2.62 bits per heavy atom. The number of hydrogen-bond donors (Lipinski definition) is 2. The van der Waals surface area contributed by atoms with Gasteiger partial charge in [0.1, 0.15) is 0 Å². The first-order chi connectivity index (χ1) is 11.5. The fourth-order valence-electron chi connectivity index (χ4n) is 1.96. The van der Waals surface area contributed by atoms with Gasteiger partial charge in [0.05, 0.1) is 12.0 Å². The van der Waals surface area contributed by atoms with E-state index in [2.05, 4.69) is 5.32 Å². The molecule has 0 spiro atoms. The van der Waals surface area contributed by atoms with E-state index in [9.17, 15) is 20.0 Å². The van der Waals surface area contributed by atoms with E-state index in [1.165, 1.54) is 31.4 Å². The zero-order valence-corrected chi connectivity index (χ0v) is 12.9. The van der Waals surface area contributed by atoms with E-state index in [1.54, 1.807) is 30.3 Å². The van der Waals surface area contributed by atoms with Gasteiger partial charge >= 0.3 is 0 Å². The van der Waals surface area contributed by atoms with Gasteiger partial charge in [-0.3, -0.25) is 14.9 Å². The number of phenols is 1. The van der Waals surface area contributed by atoms with Crippen molar-refractivity contribution in [1.82, 2.24) is 5.32 Å². The summed E-state index contributed by atoms with van der Waals surface area (Å²) in [6, 6.07) is 10.7. The van der Waals surface area contributed by atoms with Crippen molar-refractivity contribution >= 4 is 17.7 Å². The lowest BCUT2D eigenvalue weighted by Gasteiger charge is -2.07. The molecule has 0 heterocycles. The maximum atomic E-state index is 11.8. The van der Waals surface area contributed by atoms with Crippen molar-refractivity contribution in [3.63, 3.8) is 0 Å². The molecule has 0 saturated carbocycles. The van der Waals surface area contributed by atoms with Crippen LogP contribution in [0.25, 0.3) is 6.08 Å². The number of amides is 1. The molecule has 0 aliphatic rings. The number of phenolic OH excluding ortho intramolecular Hbond substituents is 1. The van der Waals surface area contributed by atoms with Crippen molar-refractivity contribution in [2.45, 2.75) is 6.54 Å². The van der Waals surface area contributed by atoms with Gasteiger partial charge in [0.2, 0.25) is 5.91 Å². The molecule has 0 aliphatic heterocycles. The number of non-ortho nitro benzene ring substituents is 1. The van der Waals surface area contributed by atoms with Gasteiger partial charge in [-0.15, -0.1) is 0 Å². The summed E-state index contributed by atoms with van der Waals surface area (Å²) in [4.78, 5) is 21.9. The van der Waals surface area contributed by atoms with E-state index in [4.69, 9.17) is 4.74 Å². The Labute approximate surface area is 138 Å². The van der Waals surface area contributed by atoms with Crippen LogP contribution < -0.4 is 10.1 Å². The van der Waals surface area contributed by atoms with E-state index in [1.807, 2.05) is 0 Å². The van der Waals surface area contributed by atoms with E-state index < -0.39 is 4.92 Å². The molecule has 0 atom stereocenters. The Morgan fingerprint density at radius 1 is 1.29 bits per heavy atom. The third-order valence-corrected chi connectivity index (χ3v) is 3.24. The zero-order chi connectivity index (χ0) is 17.5. The van der Waals surface area contributed by atoms with Crippen molar-refractivity contribution in [2.24, 2.45) is 0 Å². The van der Waals surface area contributed by atoms with Crippen LogP contribution in [0.5, 0.6) is 11.5 Å². The number of benzene rings is 2. The highest BCUT2D eigenvalue weighted by molar-refractivity contribution is 5.91. The van der Waals surface area contributed by atoms with Gasteiger partial charge in [-0.25, -0.2) is 0 Å². The van der Waals surface area contributed by atoms with Crippen LogP contribution in [0.15, 0.2) is 48.5 Å². The molecule has 0 radical (unpaired) electrons. The molecule has 124 valence electrons. The van der Waals surface area contributed by atoms with Crippen LogP contribution in [-0.4, -0.2) is 23.0 Å². The van der Waals surface area contributed by atoms with Gasteiger partial charge in [-0.1, -0.05) is 6.07 Å². The Bertz CT molecular complexity index is 769. The summed E-state index contributed by atoms with van der Waals surface area (Å²) in [6.45, 7) is 0.278. The molecule has 2 aromatic carbocycles. The summed E-state index contributed by atoms with van der Waals surface area (Å²) in [5, 5.41) is 22.8. The molecule has 2 rings (SSSR count). The second-order valence-corrected chi connectivity index (χ2v) is 4.91. The summed E-state index contributed by atoms with van der Waals surface area (Å²) in [7, 11) is 1.45. The molecule has 24 heavy (non-hydrogen) atoms. The van der Waals surface area contributed by atoms with Crippen molar-refractivity contribution < 1.29 is 19.6 Å². The number of carbonyl (C=O) groups is 1. The number of hydrogen-bond acceptors (Lipinski definition) is 5. The molecule has 2 N–H and O–H groups in total. The van der Waals surface area contributed by atoms with Crippen LogP contribution in [0.1, 0.15) is 11.1 Å². The maximum absolute atomic E-state index is 11.8. The van der Waals surface area contributed by atoms with Crippen LogP contribution in [0, 0.1) is 10.1 Å². The van der Waals surface area contributed by atoms with Gasteiger partial charge in [-0.05, 0) is 41.5 Å². The summed E-state index contributed by atoms with van der Waals surface area (Å²) < 4.78 is 5.00. The van der Waals surface area contributed by atoms with Gasteiger partial charge in [0, 0.05) is 24.8 Å². The molecule has 0 aliphatic carbocycles. The predicted octanol–water partition coefficient (Wildman–Crippen LogP) is 2.64. The van der Waals surface area contributed by atoms with Gasteiger partial charge in [-0.2, -0.15) is 0 Å². The Balaban J connectivity index is 1.92. The number of rotatable bonds is 6. The van der Waals surface area contributed by atoms with Crippen LogP contribution in [-0.2, 0) is 11.3 Å². The molecule has 0 bridgehead atoms. The predicted molar refractivity (Wildman–Crippen MR) is 88.6 cm³/mol. The summed E-state index contributed by atoms with van der Waals surface area (Å²) in [6.07, 6.45) is 2.91. The lowest BCUT2D eigenvalue weighted by Crippen LogP contribution is -2.20. The highest BCUT2D eigenvalue weighted by atomic mass is 16.6. The number of nitrogens with one attached hydrogen (secondary N) is 1. The Hall–Kier alpha value is -3.35. The maximum Gasteiger partial charge on any atom is 0.269 e. The minimum Gasteiger partial charge on any atom is -0.504 e. The van der Waals surface area contributed by atoms with E-state index in [0.717, 1.165) is 5.56 Å². The summed E-state index contributed by atoms with van der Waals surface area (Å²) >= 11 is 0. The van der Waals surface area contributed by atoms with Gasteiger partial charge < -0.3 is 15.2 Å². The molecular weight excluding hydrogens is 312 g/mol. The molecule has 7 nitrogen and oxygen atoms in total. The van der Waals surface area contributed by atoms with Crippen LogP contribution in [0.2, 0.25) is 0 Å². The van der Waals surface area contributed by atoms with Crippen molar-refractivity contribution in [1.29, 1.82) is 0 Å². The molecular formula is C17H16N2O5. The van der Waals surface area contributed by atoms with Crippen LogP contribution in [0.3, 0.4) is 0 Å². The third-order valence-electron chi connectivity index (χ3n) is 3.24. The van der Waals surface area contributed by atoms with Crippen LogP contribution >= 0.6 is 0 Å². The minimum absolute atomic E-state index is 0.00196. The molecule has 7 heteroatoms. The van der Waals surface area contributed by atoms with E-state index in [0.29, 0.717) is 11.3 Å². The lowest BCUT2D eigenvalue weighted by atomic mass is 10.2. The van der Waals surface area contributed by atoms with E-state index >= 15 is 0 Å². The number of nitrogens with zero attached hydrogens (tertiary/aromatic N) is 1. The second kappa shape index (κ2) is 7.77. The van der Waals surface area contributed by atoms with Crippen molar-refractivity contribution in [3.05, 3.63) is 69.8 Å². The highest BCUT2D eigenvalue weighted by Gasteiger charge is 2.04. The third kappa shape index (κ3) is 4.57. The average Bonchev–Trinajstić information content (AvgIpc) is 2.59.